The number of hydrogen-bond donors (Lipinski definition) is 1. The summed E-state index contributed by atoms with van der Waals surface area (Å²) in [4.78, 5) is 3.71. The molecule has 0 aromatic heterocycles. The van der Waals surface area contributed by atoms with Crippen LogP contribution in [0.4, 0.5) is 0 Å². The molecule has 0 fully saturated rings. The fourth-order valence-corrected chi connectivity index (χ4v) is 2.69. The van der Waals surface area contributed by atoms with E-state index in [2.05, 4.69) is 63.1 Å². The summed E-state index contributed by atoms with van der Waals surface area (Å²) in [6.45, 7) is 7.79. The molecule has 1 atom stereocenters. The van der Waals surface area contributed by atoms with Crippen molar-refractivity contribution in [3.63, 3.8) is 0 Å². The van der Waals surface area contributed by atoms with Gasteiger partial charge in [-0.3, -0.25) is 0 Å². The number of benzene rings is 1. The quantitative estimate of drug-likeness (QED) is 0.774. The van der Waals surface area contributed by atoms with Crippen LogP contribution in [-0.2, 0) is 0 Å². The van der Waals surface area contributed by atoms with Crippen molar-refractivity contribution in [1.29, 1.82) is 0 Å². The molecule has 19 heavy (non-hydrogen) atoms. The first-order valence-corrected chi connectivity index (χ1v) is 8.03. The zero-order chi connectivity index (χ0) is 14.3. The largest absolute Gasteiger partial charge is 0.328 e. The van der Waals surface area contributed by atoms with Gasteiger partial charge in [-0.2, -0.15) is 0 Å². The normalized spacial score (nSPS) is 13.8. The van der Waals surface area contributed by atoms with Gasteiger partial charge in [-0.1, -0.05) is 18.2 Å². The zero-order valence-electron chi connectivity index (χ0n) is 12.7. The Balaban J connectivity index is 2.16. The van der Waals surface area contributed by atoms with Crippen LogP contribution in [-0.4, -0.2) is 35.8 Å². The number of thioether (sulfide) groups is 1. The van der Waals surface area contributed by atoms with Crippen molar-refractivity contribution in [3.8, 4) is 0 Å². The molecule has 1 unspecified atom stereocenters. The first-order valence-electron chi connectivity index (χ1n) is 7.04. The summed E-state index contributed by atoms with van der Waals surface area (Å²) < 4.78 is 0. The van der Waals surface area contributed by atoms with E-state index in [1.54, 1.807) is 0 Å². The number of hydrogen-bond acceptors (Lipinski definition) is 3. The maximum Gasteiger partial charge on any atom is 0.0122 e. The zero-order valence-corrected chi connectivity index (χ0v) is 13.5. The van der Waals surface area contributed by atoms with Crippen molar-refractivity contribution in [3.05, 3.63) is 30.3 Å². The molecule has 0 saturated heterocycles. The molecule has 1 rings (SSSR count). The Labute approximate surface area is 122 Å². The molecule has 0 heterocycles. The lowest BCUT2D eigenvalue weighted by molar-refractivity contribution is 0.170. The van der Waals surface area contributed by atoms with Crippen LogP contribution in [0.1, 0.15) is 33.6 Å². The molecule has 0 spiro atoms. The summed E-state index contributed by atoms with van der Waals surface area (Å²) in [5.41, 5.74) is 6.42. The van der Waals surface area contributed by atoms with Crippen LogP contribution < -0.4 is 5.73 Å². The highest BCUT2D eigenvalue weighted by molar-refractivity contribution is 7.99. The van der Waals surface area contributed by atoms with E-state index in [1.807, 2.05) is 11.8 Å². The van der Waals surface area contributed by atoms with Gasteiger partial charge in [-0.25, -0.2) is 0 Å². The van der Waals surface area contributed by atoms with Crippen molar-refractivity contribution >= 4 is 11.8 Å². The predicted octanol–water partition coefficient (Wildman–Crippen LogP) is 3.62. The summed E-state index contributed by atoms with van der Waals surface area (Å²) in [6.07, 6.45) is 2.15. The maximum absolute atomic E-state index is 6.19. The highest BCUT2D eigenvalue weighted by atomic mass is 32.2. The second kappa shape index (κ2) is 7.93. The van der Waals surface area contributed by atoms with E-state index in [4.69, 9.17) is 5.73 Å². The van der Waals surface area contributed by atoms with E-state index in [9.17, 15) is 0 Å². The van der Waals surface area contributed by atoms with E-state index in [1.165, 1.54) is 4.90 Å². The molecule has 2 N–H and O–H groups in total. The second-order valence-corrected chi connectivity index (χ2v) is 7.26. The Bertz CT molecular complexity index is 346. The fourth-order valence-electron chi connectivity index (χ4n) is 1.68. The van der Waals surface area contributed by atoms with Gasteiger partial charge in [0.2, 0.25) is 0 Å². The second-order valence-electron chi connectivity index (χ2n) is 6.09. The molecule has 0 aliphatic heterocycles. The first kappa shape index (κ1) is 16.5. The minimum atomic E-state index is 0.235. The lowest BCUT2D eigenvalue weighted by Crippen LogP contribution is -2.40. The molecule has 0 radical (unpaired) electrons. The van der Waals surface area contributed by atoms with Gasteiger partial charge in [0, 0.05) is 16.5 Å². The topological polar surface area (TPSA) is 29.3 Å². The van der Waals surface area contributed by atoms with Crippen molar-refractivity contribution < 1.29 is 0 Å². The molecule has 0 saturated carbocycles. The molecule has 0 bridgehead atoms. The summed E-state index contributed by atoms with van der Waals surface area (Å²) in [6, 6.07) is 10.8. The van der Waals surface area contributed by atoms with Crippen LogP contribution in [0.2, 0.25) is 0 Å². The van der Waals surface area contributed by atoms with Gasteiger partial charge >= 0.3 is 0 Å². The van der Waals surface area contributed by atoms with Crippen LogP contribution in [0.15, 0.2) is 35.2 Å². The lowest BCUT2D eigenvalue weighted by atomic mass is 10.1. The van der Waals surface area contributed by atoms with Gasteiger partial charge in [-0.05, 0) is 65.1 Å². The van der Waals surface area contributed by atoms with E-state index in [-0.39, 0.29) is 5.54 Å². The third-order valence-corrected chi connectivity index (χ3v) is 4.53. The molecule has 0 aliphatic carbocycles. The van der Waals surface area contributed by atoms with Gasteiger partial charge < -0.3 is 10.6 Å². The smallest absolute Gasteiger partial charge is 0.0122 e. The molecule has 3 heteroatoms. The molecule has 108 valence electrons. The molecule has 0 amide bonds. The van der Waals surface area contributed by atoms with Gasteiger partial charge in [0.1, 0.15) is 0 Å². The van der Waals surface area contributed by atoms with Crippen LogP contribution >= 0.6 is 11.8 Å². The highest BCUT2D eigenvalue weighted by Crippen LogP contribution is 2.19. The average Bonchev–Trinajstić information content (AvgIpc) is 2.36. The van der Waals surface area contributed by atoms with Gasteiger partial charge in [0.05, 0.1) is 0 Å². The van der Waals surface area contributed by atoms with E-state index in [0.29, 0.717) is 6.04 Å². The Morgan fingerprint density at radius 3 is 2.37 bits per heavy atom. The van der Waals surface area contributed by atoms with Crippen LogP contribution in [0, 0.1) is 0 Å². The highest BCUT2D eigenvalue weighted by Gasteiger charge is 2.17. The van der Waals surface area contributed by atoms with E-state index < -0.39 is 0 Å². The van der Waals surface area contributed by atoms with Crippen LogP contribution in [0.3, 0.4) is 0 Å². The third-order valence-electron chi connectivity index (χ3n) is 3.48. The summed E-state index contributed by atoms with van der Waals surface area (Å²) in [5, 5.41) is 0. The lowest BCUT2D eigenvalue weighted by Gasteiger charge is -2.32. The predicted molar refractivity (Wildman–Crippen MR) is 86.8 cm³/mol. The minimum absolute atomic E-state index is 0.235. The summed E-state index contributed by atoms with van der Waals surface area (Å²) >= 11 is 1.89. The number of rotatable bonds is 7. The Hall–Kier alpha value is -0.510. The maximum atomic E-state index is 6.19. The van der Waals surface area contributed by atoms with Crippen molar-refractivity contribution in [2.75, 3.05) is 19.3 Å². The van der Waals surface area contributed by atoms with Crippen molar-refractivity contribution in [1.82, 2.24) is 4.90 Å². The van der Waals surface area contributed by atoms with Gasteiger partial charge in [0.15, 0.2) is 0 Å². The Kier molecular flexibility index (Phi) is 6.90. The van der Waals surface area contributed by atoms with Crippen LogP contribution in [0.5, 0.6) is 0 Å². The third kappa shape index (κ3) is 7.00. The molecular formula is C16H28N2S. The molecular weight excluding hydrogens is 252 g/mol. The molecule has 0 aliphatic rings. The molecule has 1 aromatic carbocycles. The minimum Gasteiger partial charge on any atom is -0.328 e. The van der Waals surface area contributed by atoms with Crippen LogP contribution in [0.25, 0.3) is 0 Å². The van der Waals surface area contributed by atoms with Crippen molar-refractivity contribution in [2.24, 2.45) is 5.73 Å². The van der Waals surface area contributed by atoms with Gasteiger partial charge in [-0.15, -0.1) is 11.8 Å². The Morgan fingerprint density at radius 2 is 1.79 bits per heavy atom. The summed E-state index contributed by atoms with van der Waals surface area (Å²) in [5.74, 6) is 1.10. The van der Waals surface area contributed by atoms with E-state index >= 15 is 0 Å². The van der Waals surface area contributed by atoms with Crippen molar-refractivity contribution in [2.45, 2.75) is 50.1 Å². The van der Waals surface area contributed by atoms with Gasteiger partial charge in [0.25, 0.3) is 0 Å². The summed E-state index contributed by atoms with van der Waals surface area (Å²) in [7, 11) is 2.17. The first-order chi connectivity index (χ1) is 8.89. The number of nitrogens with zero attached hydrogens (tertiary/aromatic N) is 1. The molecule has 2 nitrogen and oxygen atoms in total. The SMILES string of the molecule is CN(CCC(N)CCSc1ccccc1)C(C)(C)C. The standard InChI is InChI=1S/C16H28N2S/c1-16(2,3)18(4)12-10-14(17)11-13-19-15-8-6-5-7-9-15/h5-9,14H,10-13,17H2,1-4H3. The monoisotopic (exact) mass is 280 g/mol. The Morgan fingerprint density at radius 1 is 1.16 bits per heavy atom. The average molecular weight is 280 g/mol. The van der Waals surface area contributed by atoms with E-state index in [0.717, 1.165) is 25.1 Å². The molecule has 1 aromatic rings. The number of nitrogens with two attached hydrogens (primary N) is 1. The fraction of sp³-hybridized carbons (Fsp3) is 0.625.